The van der Waals surface area contributed by atoms with Crippen LogP contribution in [0.5, 0.6) is 0 Å². The molecule has 1 aromatic heterocycles. The first-order chi connectivity index (χ1) is 6.83. The fraction of sp³-hybridized carbons (Fsp3) is 0.500. The van der Waals surface area contributed by atoms with Crippen molar-refractivity contribution in [1.29, 1.82) is 0 Å². The molecule has 0 spiro atoms. The number of rotatable bonds is 7. The van der Waals surface area contributed by atoms with Crippen molar-refractivity contribution < 1.29 is 4.42 Å². The van der Waals surface area contributed by atoms with Crippen LogP contribution in [0.2, 0.25) is 0 Å². The number of nitrogens with one attached hydrogen (secondary N) is 1. The highest BCUT2D eigenvalue weighted by Crippen LogP contribution is 2.03. The Kier molecular flexibility index (Phi) is 5.08. The van der Waals surface area contributed by atoms with Gasteiger partial charge in [0.25, 0.3) is 0 Å². The molecule has 0 saturated heterocycles. The van der Waals surface area contributed by atoms with Crippen molar-refractivity contribution in [2.24, 2.45) is 0 Å². The van der Waals surface area contributed by atoms with E-state index in [-0.39, 0.29) is 0 Å². The summed E-state index contributed by atoms with van der Waals surface area (Å²) in [6.45, 7) is 6.73. The molecule has 78 valence electrons. The first-order valence-corrected chi connectivity index (χ1v) is 5.19. The highest BCUT2D eigenvalue weighted by Gasteiger charge is 2.01. The smallest absolute Gasteiger partial charge is 0.117 e. The van der Waals surface area contributed by atoms with Crippen molar-refractivity contribution in [1.82, 2.24) is 5.32 Å². The summed E-state index contributed by atoms with van der Waals surface area (Å²) in [6, 6.07) is 4.45. The Hall–Kier alpha value is -1.02. The van der Waals surface area contributed by atoms with E-state index in [1.165, 1.54) is 12.8 Å². The van der Waals surface area contributed by atoms with Crippen LogP contribution in [0.4, 0.5) is 0 Å². The average Bonchev–Trinajstić information content (AvgIpc) is 2.68. The van der Waals surface area contributed by atoms with Crippen molar-refractivity contribution in [3.05, 3.63) is 36.8 Å². The van der Waals surface area contributed by atoms with Crippen molar-refractivity contribution >= 4 is 0 Å². The van der Waals surface area contributed by atoms with Crippen LogP contribution in [-0.4, -0.2) is 6.04 Å². The molecule has 0 saturated carbocycles. The van der Waals surface area contributed by atoms with Crippen LogP contribution in [0.3, 0.4) is 0 Å². The van der Waals surface area contributed by atoms with E-state index in [9.17, 15) is 0 Å². The number of hydrogen-bond acceptors (Lipinski definition) is 2. The van der Waals surface area contributed by atoms with Crippen LogP contribution < -0.4 is 5.32 Å². The Morgan fingerprint density at radius 3 is 3.14 bits per heavy atom. The summed E-state index contributed by atoms with van der Waals surface area (Å²) in [5.41, 5.74) is 0. The third-order valence-corrected chi connectivity index (χ3v) is 2.25. The molecular weight excluding hydrogens is 174 g/mol. The number of furan rings is 1. The summed E-state index contributed by atoms with van der Waals surface area (Å²) in [5.74, 6) is 1.00. The van der Waals surface area contributed by atoms with Crippen LogP contribution in [0.1, 0.15) is 31.9 Å². The molecule has 1 rings (SSSR count). The maximum Gasteiger partial charge on any atom is 0.117 e. The van der Waals surface area contributed by atoms with Gasteiger partial charge in [0.1, 0.15) is 5.76 Å². The lowest BCUT2D eigenvalue weighted by Gasteiger charge is -2.11. The maximum absolute atomic E-state index is 5.23. The van der Waals surface area contributed by atoms with Gasteiger partial charge in [-0.3, -0.25) is 0 Å². The van der Waals surface area contributed by atoms with E-state index in [2.05, 4.69) is 18.8 Å². The van der Waals surface area contributed by atoms with Gasteiger partial charge in [0.15, 0.2) is 0 Å². The zero-order valence-corrected chi connectivity index (χ0v) is 8.83. The quantitative estimate of drug-likeness (QED) is 0.531. The minimum absolute atomic E-state index is 0.542. The maximum atomic E-state index is 5.23. The molecule has 0 aromatic carbocycles. The minimum Gasteiger partial charge on any atom is -0.468 e. The molecule has 1 unspecified atom stereocenters. The average molecular weight is 193 g/mol. The van der Waals surface area contributed by atoms with Gasteiger partial charge < -0.3 is 9.73 Å². The molecule has 0 amide bonds. The molecule has 0 aliphatic rings. The fourth-order valence-corrected chi connectivity index (χ4v) is 1.36. The van der Waals surface area contributed by atoms with Crippen LogP contribution in [0, 0.1) is 0 Å². The number of unbranched alkanes of at least 4 members (excludes halogenated alkanes) is 1. The van der Waals surface area contributed by atoms with Gasteiger partial charge in [-0.05, 0) is 38.3 Å². The van der Waals surface area contributed by atoms with Crippen LogP contribution >= 0.6 is 0 Å². The monoisotopic (exact) mass is 193 g/mol. The van der Waals surface area contributed by atoms with E-state index >= 15 is 0 Å². The van der Waals surface area contributed by atoms with Gasteiger partial charge in [0.05, 0.1) is 12.8 Å². The Morgan fingerprint density at radius 2 is 2.50 bits per heavy atom. The first kappa shape index (κ1) is 11.1. The summed E-state index contributed by atoms with van der Waals surface area (Å²) in [6.07, 6.45) is 7.17. The highest BCUT2D eigenvalue weighted by molar-refractivity contribution is 4.97. The van der Waals surface area contributed by atoms with Crippen molar-refractivity contribution in [3.63, 3.8) is 0 Å². The number of allylic oxidation sites excluding steroid dienone is 1. The second-order valence-corrected chi connectivity index (χ2v) is 3.58. The van der Waals surface area contributed by atoms with Crippen LogP contribution in [0.25, 0.3) is 0 Å². The van der Waals surface area contributed by atoms with Crippen molar-refractivity contribution in [2.75, 3.05) is 0 Å². The van der Waals surface area contributed by atoms with Gasteiger partial charge in [-0.1, -0.05) is 6.08 Å². The second-order valence-electron chi connectivity index (χ2n) is 3.58. The summed E-state index contributed by atoms with van der Waals surface area (Å²) in [4.78, 5) is 0. The van der Waals surface area contributed by atoms with E-state index in [1.807, 2.05) is 18.2 Å². The summed E-state index contributed by atoms with van der Waals surface area (Å²) in [5, 5.41) is 3.42. The van der Waals surface area contributed by atoms with E-state index < -0.39 is 0 Å². The number of hydrogen-bond donors (Lipinski definition) is 1. The molecule has 0 aliphatic carbocycles. The first-order valence-electron chi connectivity index (χ1n) is 5.19. The topological polar surface area (TPSA) is 25.2 Å². The van der Waals surface area contributed by atoms with Gasteiger partial charge in [-0.2, -0.15) is 0 Å². The Balaban J connectivity index is 2.08. The standard InChI is InChI=1S/C12H19NO/c1-3-4-5-7-11(2)13-10-12-8-6-9-14-12/h3,6,8-9,11,13H,1,4-5,7,10H2,2H3. The third-order valence-electron chi connectivity index (χ3n) is 2.25. The summed E-state index contributed by atoms with van der Waals surface area (Å²) < 4.78 is 5.23. The van der Waals surface area contributed by atoms with Crippen molar-refractivity contribution in [2.45, 2.75) is 38.8 Å². The molecule has 0 radical (unpaired) electrons. The van der Waals surface area contributed by atoms with Gasteiger partial charge in [-0.15, -0.1) is 6.58 Å². The van der Waals surface area contributed by atoms with Crippen LogP contribution in [-0.2, 0) is 6.54 Å². The van der Waals surface area contributed by atoms with Crippen molar-refractivity contribution in [3.8, 4) is 0 Å². The van der Waals surface area contributed by atoms with Gasteiger partial charge in [0.2, 0.25) is 0 Å². The molecule has 2 heteroatoms. The normalized spacial score (nSPS) is 12.6. The fourth-order valence-electron chi connectivity index (χ4n) is 1.36. The Bertz CT molecular complexity index is 241. The lowest BCUT2D eigenvalue weighted by Crippen LogP contribution is -2.24. The molecule has 0 fully saturated rings. The molecule has 1 atom stereocenters. The minimum atomic E-state index is 0.542. The van der Waals surface area contributed by atoms with E-state index in [0.29, 0.717) is 6.04 Å². The highest BCUT2D eigenvalue weighted by atomic mass is 16.3. The Labute approximate surface area is 86.0 Å². The van der Waals surface area contributed by atoms with E-state index in [4.69, 9.17) is 4.42 Å². The zero-order chi connectivity index (χ0) is 10.2. The molecule has 1 heterocycles. The molecule has 0 aliphatic heterocycles. The Morgan fingerprint density at radius 1 is 1.64 bits per heavy atom. The van der Waals surface area contributed by atoms with Gasteiger partial charge in [0, 0.05) is 6.04 Å². The molecular formula is C12H19NO. The van der Waals surface area contributed by atoms with E-state index in [0.717, 1.165) is 18.7 Å². The van der Waals surface area contributed by atoms with Crippen LogP contribution in [0.15, 0.2) is 35.5 Å². The summed E-state index contributed by atoms with van der Waals surface area (Å²) >= 11 is 0. The molecule has 2 nitrogen and oxygen atoms in total. The van der Waals surface area contributed by atoms with E-state index in [1.54, 1.807) is 6.26 Å². The van der Waals surface area contributed by atoms with Gasteiger partial charge >= 0.3 is 0 Å². The predicted molar refractivity (Wildman–Crippen MR) is 59.1 cm³/mol. The van der Waals surface area contributed by atoms with Gasteiger partial charge in [-0.25, -0.2) is 0 Å². The molecule has 0 bridgehead atoms. The zero-order valence-electron chi connectivity index (χ0n) is 8.83. The largest absolute Gasteiger partial charge is 0.468 e. The molecule has 1 aromatic rings. The third kappa shape index (κ3) is 4.28. The molecule has 1 N–H and O–H groups in total. The summed E-state index contributed by atoms with van der Waals surface area (Å²) in [7, 11) is 0. The lowest BCUT2D eigenvalue weighted by molar-refractivity contribution is 0.439. The lowest BCUT2D eigenvalue weighted by atomic mass is 10.1. The second kappa shape index (κ2) is 6.44. The SMILES string of the molecule is C=CCCCC(C)NCc1ccco1. The predicted octanol–water partition coefficient (Wildman–Crippen LogP) is 3.11. The molecule has 14 heavy (non-hydrogen) atoms.